The molecule has 0 atom stereocenters. The Balaban J connectivity index is 1.92. The number of alkyl halides is 1. The van der Waals surface area contributed by atoms with E-state index in [1.165, 1.54) is 0 Å². The van der Waals surface area contributed by atoms with Crippen molar-refractivity contribution in [3.05, 3.63) is 40.3 Å². The van der Waals surface area contributed by atoms with Crippen molar-refractivity contribution >= 4 is 10.8 Å². The lowest BCUT2D eigenvalue weighted by Gasteiger charge is -2.35. The number of aromatic nitrogens is 2. The third-order valence-electron chi connectivity index (χ3n) is 4.47. The number of aromatic amines is 1. The summed E-state index contributed by atoms with van der Waals surface area (Å²) in [4.78, 5) is 11.8. The van der Waals surface area contributed by atoms with Gasteiger partial charge in [-0.2, -0.15) is 5.10 Å². The highest BCUT2D eigenvalue weighted by molar-refractivity contribution is 5.84. The summed E-state index contributed by atoms with van der Waals surface area (Å²) in [7, 11) is 0. The summed E-state index contributed by atoms with van der Waals surface area (Å²) >= 11 is 0. The van der Waals surface area contributed by atoms with Gasteiger partial charge in [-0.15, -0.1) is 0 Å². The minimum atomic E-state index is -1.46. The fourth-order valence-corrected chi connectivity index (χ4v) is 3.41. The molecule has 2 aromatic rings. The maximum atomic E-state index is 15.5. The van der Waals surface area contributed by atoms with E-state index in [0.717, 1.165) is 12.8 Å². The predicted octanol–water partition coefficient (Wildman–Crippen LogP) is 3.03. The summed E-state index contributed by atoms with van der Waals surface area (Å²) in [5.74, 6) is 0. The van der Waals surface area contributed by atoms with Crippen molar-refractivity contribution < 1.29 is 4.39 Å². The lowest BCUT2D eigenvalue weighted by molar-refractivity contribution is 0.0852. The van der Waals surface area contributed by atoms with Gasteiger partial charge in [0, 0.05) is 17.5 Å². The van der Waals surface area contributed by atoms with Gasteiger partial charge in [0.25, 0.3) is 5.56 Å². The van der Waals surface area contributed by atoms with Gasteiger partial charge in [-0.25, -0.2) is 9.49 Å². The molecule has 1 aromatic heterocycles. The highest BCUT2D eigenvalue weighted by atomic mass is 19.1. The van der Waals surface area contributed by atoms with Crippen LogP contribution >= 0.6 is 0 Å². The van der Waals surface area contributed by atoms with E-state index in [2.05, 4.69) is 29.4 Å². The monoisotopic (exact) mass is 303 g/mol. The Morgan fingerprint density at radius 3 is 2.55 bits per heavy atom. The summed E-state index contributed by atoms with van der Waals surface area (Å²) in [6.45, 7) is 4.21. The first kappa shape index (κ1) is 15.2. The molecule has 4 nitrogen and oxygen atoms in total. The summed E-state index contributed by atoms with van der Waals surface area (Å²) in [5.41, 5.74) is -1.34. The summed E-state index contributed by atoms with van der Waals surface area (Å²) in [6, 6.07) is 7.88. The van der Waals surface area contributed by atoms with Crippen molar-refractivity contribution in [3.8, 4) is 0 Å². The van der Waals surface area contributed by atoms with Crippen molar-refractivity contribution in [2.24, 2.45) is 0 Å². The minimum absolute atomic E-state index is 0.266. The second-order valence-corrected chi connectivity index (χ2v) is 6.51. The Morgan fingerprint density at radius 1 is 1.27 bits per heavy atom. The maximum Gasteiger partial charge on any atom is 0.272 e. The van der Waals surface area contributed by atoms with Crippen molar-refractivity contribution in [1.82, 2.24) is 15.5 Å². The fourth-order valence-electron chi connectivity index (χ4n) is 3.41. The van der Waals surface area contributed by atoms with Gasteiger partial charge in [0.15, 0.2) is 5.67 Å². The Morgan fingerprint density at radius 2 is 1.91 bits per heavy atom. The largest absolute Gasteiger partial charge is 0.312 e. The van der Waals surface area contributed by atoms with Crippen LogP contribution in [0.3, 0.4) is 0 Å². The molecule has 1 aliphatic rings. The molecule has 22 heavy (non-hydrogen) atoms. The molecule has 5 heteroatoms. The maximum absolute atomic E-state index is 15.5. The average Bonchev–Trinajstić information content (AvgIpc) is 2.50. The number of nitrogens with zero attached hydrogens (tertiary/aromatic N) is 1. The molecule has 0 amide bonds. The summed E-state index contributed by atoms with van der Waals surface area (Å²) < 4.78 is 15.5. The van der Waals surface area contributed by atoms with Crippen LogP contribution in [0.4, 0.5) is 4.39 Å². The van der Waals surface area contributed by atoms with Crippen LogP contribution in [0.15, 0.2) is 29.1 Å². The molecule has 1 aliphatic carbocycles. The molecular formula is C17H22FN3O. The number of nitrogens with one attached hydrogen (secondary N) is 2. The smallest absolute Gasteiger partial charge is 0.272 e. The van der Waals surface area contributed by atoms with Crippen LogP contribution in [0.25, 0.3) is 10.8 Å². The van der Waals surface area contributed by atoms with Crippen LogP contribution in [0.5, 0.6) is 0 Å². The van der Waals surface area contributed by atoms with Gasteiger partial charge < -0.3 is 5.32 Å². The van der Waals surface area contributed by atoms with Crippen LogP contribution < -0.4 is 10.9 Å². The first-order valence-corrected chi connectivity index (χ1v) is 7.92. The average molecular weight is 303 g/mol. The van der Waals surface area contributed by atoms with Gasteiger partial charge in [0.05, 0.1) is 5.39 Å². The Kier molecular flexibility index (Phi) is 4.00. The molecule has 1 heterocycles. The molecule has 0 unspecified atom stereocenters. The molecule has 0 aliphatic heterocycles. The van der Waals surface area contributed by atoms with Gasteiger partial charge in [-0.3, -0.25) is 4.79 Å². The van der Waals surface area contributed by atoms with Crippen molar-refractivity contribution in [1.29, 1.82) is 0 Å². The van der Waals surface area contributed by atoms with E-state index in [9.17, 15) is 4.79 Å². The van der Waals surface area contributed by atoms with Crippen molar-refractivity contribution in [3.63, 3.8) is 0 Å². The van der Waals surface area contributed by atoms with E-state index in [1.54, 1.807) is 18.2 Å². The molecule has 1 aromatic carbocycles. The Labute approximate surface area is 129 Å². The SMILES string of the molecule is CC(C)NC1CCC(F)(c2n[nH]c(=O)c3ccccc23)CC1. The van der Waals surface area contributed by atoms with E-state index < -0.39 is 5.67 Å². The minimum Gasteiger partial charge on any atom is -0.312 e. The topological polar surface area (TPSA) is 57.8 Å². The van der Waals surface area contributed by atoms with Crippen molar-refractivity contribution in [2.75, 3.05) is 0 Å². The molecular weight excluding hydrogens is 281 g/mol. The first-order valence-electron chi connectivity index (χ1n) is 7.92. The Hall–Kier alpha value is -1.75. The van der Waals surface area contributed by atoms with Gasteiger partial charge in [-0.1, -0.05) is 32.0 Å². The van der Waals surface area contributed by atoms with Crippen LogP contribution in [0.2, 0.25) is 0 Å². The molecule has 3 rings (SSSR count). The molecule has 0 radical (unpaired) electrons. The third-order valence-corrected chi connectivity index (χ3v) is 4.47. The second-order valence-electron chi connectivity index (χ2n) is 6.51. The van der Waals surface area contributed by atoms with Crippen LogP contribution in [0.1, 0.15) is 45.2 Å². The lowest BCUT2D eigenvalue weighted by atomic mass is 9.80. The number of halogens is 1. The van der Waals surface area contributed by atoms with Gasteiger partial charge in [-0.05, 0) is 31.7 Å². The van der Waals surface area contributed by atoms with Gasteiger partial charge >= 0.3 is 0 Å². The van der Waals surface area contributed by atoms with E-state index in [-0.39, 0.29) is 5.56 Å². The first-order chi connectivity index (χ1) is 10.5. The molecule has 0 spiro atoms. The molecule has 0 saturated heterocycles. The van der Waals surface area contributed by atoms with E-state index in [0.29, 0.717) is 41.4 Å². The summed E-state index contributed by atoms with van der Waals surface area (Å²) in [5, 5.41) is 11.1. The number of hydrogen-bond acceptors (Lipinski definition) is 3. The Bertz CT molecular complexity index is 717. The highest BCUT2D eigenvalue weighted by Gasteiger charge is 2.39. The van der Waals surface area contributed by atoms with Crippen LogP contribution in [-0.4, -0.2) is 22.3 Å². The van der Waals surface area contributed by atoms with Gasteiger partial charge in [0.1, 0.15) is 5.69 Å². The molecule has 1 saturated carbocycles. The number of H-pyrrole nitrogens is 1. The highest BCUT2D eigenvalue weighted by Crippen LogP contribution is 2.41. The van der Waals surface area contributed by atoms with E-state index in [1.807, 2.05) is 6.07 Å². The molecule has 2 N–H and O–H groups in total. The number of rotatable bonds is 3. The third kappa shape index (κ3) is 2.77. The standard InChI is InChI=1S/C17H22FN3O/c1-11(2)19-12-7-9-17(18,10-8-12)15-13-5-3-4-6-14(13)16(22)21-20-15/h3-6,11-12,19H,7-10H2,1-2H3,(H,21,22). The van der Waals surface area contributed by atoms with E-state index >= 15 is 4.39 Å². The molecule has 1 fully saturated rings. The summed E-state index contributed by atoms with van der Waals surface area (Å²) in [6.07, 6.45) is 2.43. The number of benzene rings is 1. The zero-order chi connectivity index (χ0) is 15.7. The molecule has 118 valence electrons. The zero-order valence-corrected chi connectivity index (χ0v) is 13.0. The quantitative estimate of drug-likeness (QED) is 0.916. The van der Waals surface area contributed by atoms with E-state index in [4.69, 9.17) is 0 Å². The zero-order valence-electron chi connectivity index (χ0n) is 13.0. The normalized spacial score (nSPS) is 25.7. The van der Waals surface area contributed by atoms with Crippen LogP contribution in [-0.2, 0) is 5.67 Å². The van der Waals surface area contributed by atoms with Crippen LogP contribution in [0, 0.1) is 0 Å². The number of fused-ring (bicyclic) bond motifs is 1. The second kappa shape index (κ2) is 5.80. The molecule has 0 bridgehead atoms. The number of hydrogen-bond donors (Lipinski definition) is 2. The van der Waals surface area contributed by atoms with Crippen molar-refractivity contribution in [2.45, 2.75) is 57.3 Å². The lowest BCUT2D eigenvalue weighted by Crippen LogP contribution is -2.41. The predicted molar refractivity (Wildman–Crippen MR) is 85.7 cm³/mol. The fraction of sp³-hybridized carbons (Fsp3) is 0.529. The van der Waals surface area contributed by atoms with Gasteiger partial charge in [0.2, 0.25) is 0 Å².